The Bertz CT molecular complexity index is 599. The van der Waals surface area contributed by atoms with Gasteiger partial charge in [0.15, 0.2) is 0 Å². The average molecular weight is 312 g/mol. The zero-order chi connectivity index (χ0) is 15.9. The van der Waals surface area contributed by atoms with Crippen LogP contribution in [0, 0.1) is 5.92 Å². The van der Waals surface area contributed by atoms with Crippen LogP contribution in [0.2, 0.25) is 0 Å². The summed E-state index contributed by atoms with van der Waals surface area (Å²) >= 11 is 0. The summed E-state index contributed by atoms with van der Waals surface area (Å²) in [5.41, 5.74) is 1.56. The van der Waals surface area contributed by atoms with Crippen LogP contribution in [-0.4, -0.2) is 41.2 Å². The molecule has 0 N–H and O–H groups in total. The van der Waals surface area contributed by atoms with Crippen LogP contribution in [0.25, 0.3) is 0 Å². The van der Waals surface area contributed by atoms with E-state index in [1.165, 1.54) is 36.1 Å². The number of likely N-dealkylation sites (tertiary alicyclic amines) is 2. The van der Waals surface area contributed by atoms with Gasteiger partial charge in [0.1, 0.15) is 0 Å². The number of fused-ring (bicyclic) bond motifs is 1. The minimum Gasteiger partial charge on any atom is -0.291 e. The van der Waals surface area contributed by atoms with E-state index in [4.69, 9.17) is 0 Å². The van der Waals surface area contributed by atoms with E-state index in [0.717, 1.165) is 19.0 Å². The molecule has 2 heterocycles. The van der Waals surface area contributed by atoms with Crippen LogP contribution in [0.1, 0.15) is 44.1 Å². The van der Waals surface area contributed by atoms with E-state index in [2.05, 4.69) is 35.2 Å². The number of imide groups is 1. The maximum absolute atomic E-state index is 11.8. The van der Waals surface area contributed by atoms with Crippen LogP contribution >= 0.6 is 0 Å². The number of carbonyl (C=O) groups is 2. The van der Waals surface area contributed by atoms with Gasteiger partial charge in [0.2, 0.25) is 11.8 Å². The Morgan fingerprint density at radius 3 is 2.43 bits per heavy atom. The van der Waals surface area contributed by atoms with Crippen LogP contribution in [0.4, 0.5) is 0 Å². The summed E-state index contributed by atoms with van der Waals surface area (Å²) in [5.74, 6) is 0.734. The third-order valence-corrected chi connectivity index (χ3v) is 6.06. The van der Waals surface area contributed by atoms with Crippen molar-refractivity contribution in [1.29, 1.82) is 0 Å². The molecule has 2 amide bonds. The summed E-state index contributed by atoms with van der Waals surface area (Å²) in [6.45, 7) is 2.47. The number of amides is 2. The molecular weight excluding hydrogens is 288 g/mol. The molecule has 1 aromatic rings. The smallest absolute Gasteiger partial charge is 0.229 e. The second-order valence-corrected chi connectivity index (χ2v) is 7.12. The fraction of sp³-hybridized carbons (Fsp3) is 0.579. The normalized spacial score (nSPS) is 31.1. The van der Waals surface area contributed by atoms with Crippen molar-refractivity contribution >= 4 is 11.8 Å². The molecule has 3 fully saturated rings. The minimum absolute atomic E-state index is 0.00415. The zero-order valence-electron chi connectivity index (χ0n) is 13.5. The van der Waals surface area contributed by atoms with Crippen molar-refractivity contribution in [3.8, 4) is 0 Å². The van der Waals surface area contributed by atoms with Crippen LogP contribution in [0.15, 0.2) is 30.3 Å². The zero-order valence-corrected chi connectivity index (χ0v) is 13.5. The lowest BCUT2D eigenvalue weighted by atomic mass is 9.62. The highest BCUT2D eigenvalue weighted by atomic mass is 16.2. The summed E-state index contributed by atoms with van der Waals surface area (Å²) in [6, 6.07) is 10.8. The maximum atomic E-state index is 11.8. The van der Waals surface area contributed by atoms with Gasteiger partial charge in [0, 0.05) is 32.5 Å². The number of rotatable bonds is 4. The van der Waals surface area contributed by atoms with Crippen molar-refractivity contribution in [2.24, 2.45) is 5.92 Å². The van der Waals surface area contributed by atoms with E-state index in [-0.39, 0.29) is 17.4 Å². The van der Waals surface area contributed by atoms with Crippen molar-refractivity contribution in [2.45, 2.75) is 44.1 Å². The second kappa shape index (κ2) is 5.75. The van der Waals surface area contributed by atoms with Crippen molar-refractivity contribution < 1.29 is 9.59 Å². The number of hydrogen-bond donors (Lipinski definition) is 0. The Hall–Kier alpha value is -1.68. The SMILES string of the molecule is O=C1CCC(=O)N1CCN1C[C@H]2CCCC[C@]21c1ccccc1. The van der Waals surface area contributed by atoms with E-state index in [9.17, 15) is 9.59 Å². The van der Waals surface area contributed by atoms with Gasteiger partial charge in [-0.05, 0) is 24.3 Å². The molecule has 1 saturated carbocycles. The third kappa shape index (κ3) is 2.31. The molecular formula is C19H24N2O2. The number of nitrogens with zero attached hydrogens (tertiary/aromatic N) is 2. The van der Waals surface area contributed by atoms with Gasteiger partial charge in [-0.2, -0.15) is 0 Å². The molecule has 4 rings (SSSR count). The largest absolute Gasteiger partial charge is 0.291 e. The summed E-state index contributed by atoms with van der Waals surface area (Å²) in [4.78, 5) is 27.6. The summed E-state index contributed by atoms with van der Waals surface area (Å²) in [7, 11) is 0. The molecule has 4 heteroatoms. The first-order chi connectivity index (χ1) is 11.2. The van der Waals surface area contributed by atoms with Gasteiger partial charge in [-0.3, -0.25) is 19.4 Å². The molecule has 3 aliphatic rings. The highest BCUT2D eigenvalue weighted by molar-refractivity contribution is 6.01. The molecule has 0 radical (unpaired) electrons. The molecule has 0 unspecified atom stereocenters. The lowest BCUT2D eigenvalue weighted by molar-refractivity contribution is -0.143. The lowest BCUT2D eigenvalue weighted by Gasteiger charge is -2.62. The van der Waals surface area contributed by atoms with Crippen molar-refractivity contribution in [2.75, 3.05) is 19.6 Å². The monoisotopic (exact) mass is 312 g/mol. The van der Waals surface area contributed by atoms with Gasteiger partial charge in [0.25, 0.3) is 0 Å². The molecule has 2 aliphatic heterocycles. The Morgan fingerprint density at radius 2 is 1.74 bits per heavy atom. The Balaban J connectivity index is 1.52. The van der Waals surface area contributed by atoms with Crippen molar-refractivity contribution in [3.63, 3.8) is 0 Å². The average Bonchev–Trinajstić information content (AvgIpc) is 2.88. The Labute approximate surface area is 137 Å². The van der Waals surface area contributed by atoms with E-state index in [1.807, 2.05) is 0 Å². The molecule has 0 aromatic heterocycles. The molecule has 2 saturated heterocycles. The second-order valence-electron chi connectivity index (χ2n) is 7.12. The standard InChI is InChI=1S/C19H24N2O2/c22-17-9-10-18(23)21(17)13-12-20-14-16-8-4-5-11-19(16,20)15-6-2-1-3-7-15/h1-3,6-7,16H,4-5,8-14H2/t16-,19+/m1/s1. The highest BCUT2D eigenvalue weighted by Gasteiger charge is 2.54. The first kappa shape index (κ1) is 14.9. The van der Waals surface area contributed by atoms with Gasteiger partial charge in [0.05, 0.1) is 5.54 Å². The van der Waals surface area contributed by atoms with Gasteiger partial charge in [-0.15, -0.1) is 0 Å². The number of carbonyl (C=O) groups excluding carboxylic acids is 2. The molecule has 0 bridgehead atoms. The van der Waals surface area contributed by atoms with Crippen LogP contribution in [0.5, 0.6) is 0 Å². The van der Waals surface area contributed by atoms with Crippen LogP contribution in [-0.2, 0) is 15.1 Å². The van der Waals surface area contributed by atoms with Gasteiger partial charge in [-0.1, -0.05) is 43.2 Å². The fourth-order valence-corrected chi connectivity index (χ4v) is 4.88. The van der Waals surface area contributed by atoms with Crippen molar-refractivity contribution in [3.05, 3.63) is 35.9 Å². The van der Waals surface area contributed by atoms with Gasteiger partial charge < -0.3 is 0 Å². The van der Waals surface area contributed by atoms with Gasteiger partial charge >= 0.3 is 0 Å². The number of hydrogen-bond acceptors (Lipinski definition) is 3. The van der Waals surface area contributed by atoms with Crippen LogP contribution in [0.3, 0.4) is 0 Å². The minimum atomic E-state index is 0.00415. The molecule has 23 heavy (non-hydrogen) atoms. The molecule has 1 aliphatic carbocycles. The molecule has 122 valence electrons. The third-order valence-electron chi connectivity index (χ3n) is 6.06. The van der Waals surface area contributed by atoms with E-state index >= 15 is 0 Å². The molecule has 4 nitrogen and oxygen atoms in total. The van der Waals surface area contributed by atoms with Crippen LogP contribution < -0.4 is 0 Å². The summed E-state index contributed by atoms with van der Waals surface area (Å²) in [6.07, 6.45) is 5.88. The maximum Gasteiger partial charge on any atom is 0.229 e. The lowest BCUT2D eigenvalue weighted by Crippen LogP contribution is -2.66. The van der Waals surface area contributed by atoms with E-state index in [0.29, 0.717) is 19.4 Å². The quantitative estimate of drug-likeness (QED) is 0.802. The molecule has 0 spiro atoms. The first-order valence-corrected chi connectivity index (χ1v) is 8.85. The van der Waals surface area contributed by atoms with Gasteiger partial charge in [-0.25, -0.2) is 0 Å². The fourth-order valence-electron chi connectivity index (χ4n) is 4.88. The molecule has 1 aromatic carbocycles. The van der Waals surface area contributed by atoms with Crippen molar-refractivity contribution in [1.82, 2.24) is 9.80 Å². The highest BCUT2D eigenvalue weighted by Crippen LogP contribution is 2.53. The number of benzene rings is 1. The Kier molecular flexibility index (Phi) is 3.72. The topological polar surface area (TPSA) is 40.6 Å². The summed E-state index contributed by atoms with van der Waals surface area (Å²) < 4.78 is 0. The van der Waals surface area contributed by atoms with E-state index < -0.39 is 0 Å². The Morgan fingerprint density at radius 1 is 1.00 bits per heavy atom. The first-order valence-electron chi connectivity index (χ1n) is 8.85. The summed E-state index contributed by atoms with van der Waals surface area (Å²) in [5, 5.41) is 0. The molecule has 2 atom stereocenters. The predicted octanol–water partition coefficient (Wildman–Crippen LogP) is 2.54. The predicted molar refractivity (Wildman–Crippen MR) is 87.6 cm³/mol. The van der Waals surface area contributed by atoms with E-state index in [1.54, 1.807) is 0 Å².